The molecule has 2 atom stereocenters. The number of aliphatic imine (C=N–C) groups is 1. The third-order valence-electron chi connectivity index (χ3n) is 4.24. The Labute approximate surface area is 173 Å². The molecule has 3 rings (SSSR count). The Balaban J connectivity index is 1.87. The van der Waals surface area contributed by atoms with Gasteiger partial charge in [-0.1, -0.05) is 0 Å². The molecular weight excluding hydrogens is 391 g/mol. The SMILES string of the molecule is COc1cnc(/C(C=N)=C/C(N)=Nc2nc(N3C[C@@H](C)O[C@@H](C)C3)ncc2F)cn1. The molecule has 0 unspecified atom stereocenters. The quantitative estimate of drug-likeness (QED) is 0.539. The van der Waals surface area contributed by atoms with Gasteiger partial charge in [-0.25, -0.2) is 24.3 Å². The molecule has 2 aromatic heterocycles. The predicted molar refractivity (Wildman–Crippen MR) is 111 cm³/mol. The summed E-state index contributed by atoms with van der Waals surface area (Å²) in [6, 6.07) is 0. The lowest BCUT2D eigenvalue weighted by atomic mass is 10.2. The number of hydrogen-bond acceptors (Lipinski definition) is 9. The lowest BCUT2D eigenvalue weighted by molar-refractivity contribution is -0.00572. The van der Waals surface area contributed by atoms with Gasteiger partial charge in [0, 0.05) is 24.9 Å². The zero-order valence-electron chi connectivity index (χ0n) is 16.9. The largest absolute Gasteiger partial charge is 0.480 e. The van der Waals surface area contributed by atoms with Gasteiger partial charge < -0.3 is 25.5 Å². The summed E-state index contributed by atoms with van der Waals surface area (Å²) in [6.07, 6.45) is 6.37. The van der Waals surface area contributed by atoms with E-state index in [9.17, 15) is 4.39 Å². The normalized spacial score (nSPS) is 20.2. The maximum absolute atomic E-state index is 14.2. The first-order valence-corrected chi connectivity index (χ1v) is 9.25. The molecule has 0 amide bonds. The molecule has 0 aromatic carbocycles. The molecule has 11 heteroatoms. The number of rotatable bonds is 6. The van der Waals surface area contributed by atoms with Crippen LogP contribution in [0.2, 0.25) is 0 Å². The van der Waals surface area contributed by atoms with E-state index in [1.807, 2.05) is 18.7 Å². The van der Waals surface area contributed by atoms with Crippen LogP contribution in [0.4, 0.5) is 16.2 Å². The summed E-state index contributed by atoms with van der Waals surface area (Å²) >= 11 is 0. The van der Waals surface area contributed by atoms with Gasteiger partial charge in [0.2, 0.25) is 11.8 Å². The number of anilines is 1. The molecule has 1 aliphatic rings. The van der Waals surface area contributed by atoms with Gasteiger partial charge in [0.15, 0.2) is 11.6 Å². The maximum atomic E-state index is 14.2. The number of halogens is 1. The number of hydrogen-bond donors (Lipinski definition) is 2. The number of nitrogens with zero attached hydrogens (tertiary/aromatic N) is 6. The highest BCUT2D eigenvalue weighted by Crippen LogP contribution is 2.21. The fourth-order valence-corrected chi connectivity index (χ4v) is 3.00. The molecule has 158 valence electrons. The van der Waals surface area contributed by atoms with E-state index >= 15 is 0 Å². The molecule has 0 bridgehead atoms. The van der Waals surface area contributed by atoms with E-state index in [4.69, 9.17) is 20.6 Å². The Morgan fingerprint density at radius 2 is 2.00 bits per heavy atom. The predicted octanol–water partition coefficient (Wildman–Crippen LogP) is 1.75. The highest BCUT2D eigenvalue weighted by atomic mass is 19.1. The van der Waals surface area contributed by atoms with E-state index in [2.05, 4.69) is 24.9 Å². The first kappa shape index (κ1) is 21.2. The minimum atomic E-state index is -0.704. The van der Waals surface area contributed by atoms with Crippen LogP contribution >= 0.6 is 0 Å². The van der Waals surface area contributed by atoms with E-state index in [0.717, 1.165) is 12.4 Å². The second-order valence-corrected chi connectivity index (χ2v) is 6.73. The zero-order valence-corrected chi connectivity index (χ0v) is 16.9. The molecule has 1 saturated heterocycles. The number of aromatic nitrogens is 4. The summed E-state index contributed by atoms with van der Waals surface area (Å²) in [5.74, 6) is -0.247. The van der Waals surface area contributed by atoms with E-state index < -0.39 is 5.82 Å². The van der Waals surface area contributed by atoms with Crippen molar-refractivity contribution < 1.29 is 13.9 Å². The van der Waals surface area contributed by atoms with E-state index in [-0.39, 0.29) is 23.9 Å². The summed E-state index contributed by atoms with van der Waals surface area (Å²) in [4.78, 5) is 22.5. The average molecular weight is 414 g/mol. The van der Waals surface area contributed by atoms with Crippen LogP contribution in [0.5, 0.6) is 5.88 Å². The number of nitrogens with one attached hydrogen (secondary N) is 1. The van der Waals surface area contributed by atoms with Crippen LogP contribution in [-0.4, -0.2) is 64.4 Å². The van der Waals surface area contributed by atoms with Crippen LogP contribution in [-0.2, 0) is 4.74 Å². The number of morpholine rings is 1. The second-order valence-electron chi connectivity index (χ2n) is 6.73. The first-order chi connectivity index (χ1) is 14.4. The van der Waals surface area contributed by atoms with Gasteiger partial charge in [-0.3, -0.25) is 0 Å². The smallest absolute Gasteiger partial charge is 0.232 e. The van der Waals surface area contributed by atoms with Crippen LogP contribution in [0.15, 0.2) is 29.7 Å². The number of ether oxygens (including phenoxy) is 2. The number of methoxy groups -OCH3 is 1. The van der Waals surface area contributed by atoms with Crippen molar-refractivity contribution in [3.05, 3.63) is 36.2 Å². The van der Waals surface area contributed by atoms with Gasteiger partial charge in [0.1, 0.15) is 5.84 Å². The molecule has 3 N–H and O–H groups in total. The summed E-state index contributed by atoms with van der Waals surface area (Å²) in [5, 5.41) is 7.60. The first-order valence-electron chi connectivity index (χ1n) is 9.25. The Bertz CT molecular complexity index is 954. The van der Waals surface area contributed by atoms with Crippen molar-refractivity contribution in [2.24, 2.45) is 10.7 Å². The number of nitrogens with two attached hydrogens (primary N) is 1. The van der Waals surface area contributed by atoms with Crippen molar-refractivity contribution in [1.29, 1.82) is 5.41 Å². The van der Waals surface area contributed by atoms with E-state index in [1.165, 1.54) is 25.6 Å². The fourth-order valence-electron chi connectivity index (χ4n) is 3.00. The summed E-state index contributed by atoms with van der Waals surface area (Å²) in [6.45, 7) is 5.08. The number of amidine groups is 1. The second kappa shape index (κ2) is 9.35. The molecule has 0 saturated carbocycles. The molecule has 2 aromatic rings. The van der Waals surface area contributed by atoms with Crippen LogP contribution in [0.25, 0.3) is 5.57 Å². The van der Waals surface area contributed by atoms with Crippen LogP contribution in [0.1, 0.15) is 19.5 Å². The highest BCUT2D eigenvalue weighted by molar-refractivity contribution is 6.15. The average Bonchev–Trinajstić information content (AvgIpc) is 2.73. The molecule has 1 aliphatic heterocycles. The van der Waals surface area contributed by atoms with Gasteiger partial charge in [-0.2, -0.15) is 4.98 Å². The zero-order chi connectivity index (χ0) is 21.7. The van der Waals surface area contributed by atoms with Gasteiger partial charge in [0.05, 0.1) is 43.6 Å². The lowest BCUT2D eigenvalue weighted by Crippen LogP contribution is -2.46. The van der Waals surface area contributed by atoms with Gasteiger partial charge >= 0.3 is 0 Å². The molecule has 0 radical (unpaired) electrons. The number of allylic oxidation sites excluding steroid dienone is 1. The maximum Gasteiger partial charge on any atom is 0.232 e. The monoisotopic (exact) mass is 414 g/mol. The van der Waals surface area contributed by atoms with E-state index in [0.29, 0.717) is 36.2 Å². The topological polar surface area (TPSA) is 135 Å². The minimum Gasteiger partial charge on any atom is -0.480 e. The van der Waals surface area contributed by atoms with Crippen molar-refractivity contribution >= 4 is 29.4 Å². The van der Waals surface area contributed by atoms with Crippen molar-refractivity contribution in [2.75, 3.05) is 25.1 Å². The standard InChI is InChI=1S/C19H23FN8O2/c1-11-9-28(10-12(2)30-11)19-25-6-14(20)18(27-19)26-16(22)4-13(5-21)15-7-24-17(29-3)8-23-15/h4-8,11-12,21H,9-10H2,1-3H3,(H2,22,25,26,27)/b13-4+,21-5?/t11-,12+. The third-order valence-corrected chi connectivity index (χ3v) is 4.24. The van der Waals surface area contributed by atoms with Gasteiger partial charge in [0.25, 0.3) is 0 Å². The minimum absolute atomic E-state index is 0.00288. The molecule has 3 heterocycles. The van der Waals surface area contributed by atoms with Crippen molar-refractivity contribution in [3.63, 3.8) is 0 Å². The Morgan fingerprint density at radius 3 is 2.60 bits per heavy atom. The summed E-state index contributed by atoms with van der Waals surface area (Å²) in [5.41, 5.74) is 6.69. The van der Waals surface area contributed by atoms with Crippen molar-refractivity contribution in [3.8, 4) is 5.88 Å². The summed E-state index contributed by atoms with van der Waals surface area (Å²) in [7, 11) is 1.48. The van der Waals surface area contributed by atoms with Gasteiger partial charge in [-0.05, 0) is 19.9 Å². The third kappa shape index (κ3) is 5.11. The van der Waals surface area contributed by atoms with Crippen LogP contribution < -0.4 is 15.4 Å². The van der Waals surface area contributed by atoms with Crippen LogP contribution in [0.3, 0.4) is 0 Å². The fraction of sp³-hybridized carbons (Fsp3) is 0.368. The molecule has 0 aliphatic carbocycles. The van der Waals surface area contributed by atoms with Crippen molar-refractivity contribution in [2.45, 2.75) is 26.1 Å². The lowest BCUT2D eigenvalue weighted by Gasteiger charge is -2.35. The van der Waals surface area contributed by atoms with E-state index in [1.54, 1.807) is 0 Å². The highest BCUT2D eigenvalue weighted by Gasteiger charge is 2.24. The Kier molecular flexibility index (Phi) is 6.62. The Hall–Kier alpha value is -3.47. The molecule has 0 spiro atoms. The summed E-state index contributed by atoms with van der Waals surface area (Å²) < 4.78 is 24.9. The molecule has 10 nitrogen and oxygen atoms in total. The molecule has 30 heavy (non-hydrogen) atoms. The van der Waals surface area contributed by atoms with Crippen molar-refractivity contribution in [1.82, 2.24) is 19.9 Å². The Morgan fingerprint density at radius 1 is 1.27 bits per heavy atom. The van der Waals surface area contributed by atoms with Gasteiger partial charge in [-0.15, -0.1) is 0 Å². The molecular formula is C19H23FN8O2. The molecule has 1 fully saturated rings. The van der Waals surface area contributed by atoms with Crippen LogP contribution in [0, 0.1) is 11.2 Å².